The molecule has 2 aliphatic heterocycles. The summed E-state index contributed by atoms with van der Waals surface area (Å²) in [7, 11) is 1.83. The van der Waals surface area contributed by atoms with Gasteiger partial charge in [-0.05, 0) is 49.8 Å². The van der Waals surface area contributed by atoms with Gasteiger partial charge in [0.2, 0.25) is 0 Å². The van der Waals surface area contributed by atoms with E-state index < -0.39 is 23.1 Å². The molecule has 0 radical (unpaired) electrons. The lowest BCUT2D eigenvalue weighted by molar-refractivity contribution is -0.0990. The number of ether oxygens (including phenoxy) is 1. The van der Waals surface area contributed by atoms with Gasteiger partial charge in [0.25, 0.3) is 11.8 Å². The van der Waals surface area contributed by atoms with E-state index in [1.165, 1.54) is 0 Å². The van der Waals surface area contributed by atoms with Crippen LogP contribution >= 0.6 is 0 Å². The number of aromatic nitrogens is 2. The summed E-state index contributed by atoms with van der Waals surface area (Å²) in [4.78, 5) is 26.8. The molecule has 1 spiro atoms. The number of rotatable bonds is 4. The molecule has 7 nitrogen and oxygen atoms in total. The molecule has 2 amide bonds. The van der Waals surface area contributed by atoms with Gasteiger partial charge in [-0.3, -0.25) is 14.3 Å². The Labute approximate surface area is 184 Å². The number of halogens is 2. The molecule has 1 saturated carbocycles. The van der Waals surface area contributed by atoms with Crippen LogP contribution < -0.4 is 5.32 Å². The molecule has 2 aromatic rings. The maximum atomic E-state index is 14.0. The van der Waals surface area contributed by atoms with Crippen molar-refractivity contribution in [3.8, 4) is 0 Å². The summed E-state index contributed by atoms with van der Waals surface area (Å²) in [6, 6.07) is 2.91. The van der Waals surface area contributed by atoms with Gasteiger partial charge >= 0.3 is 0 Å². The molecular weight excluding hydrogens is 418 g/mol. The van der Waals surface area contributed by atoms with Crippen LogP contribution in [0.25, 0.3) is 0 Å². The molecule has 5 rings (SSSR count). The maximum absolute atomic E-state index is 14.0. The number of carbonyl (C=O) groups is 2. The molecule has 32 heavy (non-hydrogen) atoms. The Kier molecular flexibility index (Phi) is 5.23. The van der Waals surface area contributed by atoms with Crippen LogP contribution in [-0.4, -0.2) is 51.7 Å². The Morgan fingerprint density at radius 3 is 2.72 bits per heavy atom. The standard InChI is InChI=1S/C23H26F2N4O3/c1-28-19-11-23(32-13-17(19)20(27-28)21(30)26-12-14-2-3-14)6-8-29(9-7-23)22(31)16-10-15(24)4-5-18(16)25/h4-5,10,14H,2-3,6-9,11-13H2,1H3,(H,26,30). The highest BCUT2D eigenvalue weighted by molar-refractivity contribution is 5.95. The fourth-order valence-corrected chi connectivity index (χ4v) is 4.65. The largest absolute Gasteiger partial charge is 0.370 e. The first-order valence-electron chi connectivity index (χ1n) is 11.1. The third-order valence-electron chi connectivity index (χ3n) is 6.87. The van der Waals surface area contributed by atoms with Crippen LogP contribution in [0.15, 0.2) is 18.2 Å². The molecule has 1 aromatic heterocycles. The summed E-state index contributed by atoms with van der Waals surface area (Å²) < 4.78 is 35.5. The Morgan fingerprint density at radius 2 is 2.00 bits per heavy atom. The minimum absolute atomic E-state index is 0.161. The van der Waals surface area contributed by atoms with Crippen molar-refractivity contribution >= 4 is 11.8 Å². The molecule has 0 bridgehead atoms. The predicted molar refractivity (Wildman–Crippen MR) is 111 cm³/mol. The van der Waals surface area contributed by atoms with Gasteiger partial charge in [-0.1, -0.05) is 0 Å². The number of nitrogens with zero attached hydrogens (tertiary/aromatic N) is 3. The lowest BCUT2D eigenvalue weighted by Gasteiger charge is -2.43. The van der Waals surface area contributed by atoms with Gasteiger partial charge in [-0.25, -0.2) is 8.78 Å². The summed E-state index contributed by atoms with van der Waals surface area (Å²) in [5.74, 6) is -1.45. The number of amides is 2. The quantitative estimate of drug-likeness (QED) is 0.787. The lowest BCUT2D eigenvalue weighted by Crippen LogP contribution is -2.51. The Hall–Kier alpha value is -2.81. The number of nitrogens with one attached hydrogen (secondary N) is 1. The molecule has 0 atom stereocenters. The van der Waals surface area contributed by atoms with Gasteiger partial charge in [0.15, 0.2) is 5.69 Å². The molecular formula is C23H26F2N4O3. The predicted octanol–water partition coefficient (Wildman–Crippen LogP) is 2.59. The second kappa shape index (κ2) is 7.95. The van der Waals surface area contributed by atoms with Gasteiger partial charge in [-0.15, -0.1) is 0 Å². The first-order valence-corrected chi connectivity index (χ1v) is 11.1. The number of carbonyl (C=O) groups excluding carboxylic acids is 2. The van der Waals surface area contributed by atoms with E-state index in [0.717, 1.165) is 42.3 Å². The number of aryl methyl sites for hydroxylation is 1. The van der Waals surface area contributed by atoms with E-state index in [2.05, 4.69) is 10.4 Å². The monoisotopic (exact) mass is 444 g/mol. The lowest BCUT2D eigenvalue weighted by atomic mass is 9.83. The van der Waals surface area contributed by atoms with Crippen molar-refractivity contribution in [1.82, 2.24) is 20.0 Å². The first kappa shape index (κ1) is 21.1. The van der Waals surface area contributed by atoms with Crippen molar-refractivity contribution in [2.24, 2.45) is 13.0 Å². The fraction of sp³-hybridized carbons (Fsp3) is 0.522. The normalized spacial score (nSPS) is 19.7. The molecule has 1 aliphatic carbocycles. The Bertz CT molecular complexity index is 1070. The van der Waals surface area contributed by atoms with Crippen LogP contribution in [0.4, 0.5) is 8.78 Å². The maximum Gasteiger partial charge on any atom is 0.272 e. The molecule has 3 heterocycles. The third-order valence-corrected chi connectivity index (χ3v) is 6.87. The number of likely N-dealkylation sites (tertiary alicyclic amines) is 1. The first-order chi connectivity index (χ1) is 15.3. The summed E-state index contributed by atoms with van der Waals surface area (Å²) in [5.41, 5.74) is 1.52. The molecule has 1 N–H and O–H groups in total. The number of fused-ring (bicyclic) bond motifs is 1. The van der Waals surface area contributed by atoms with E-state index in [9.17, 15) is 18.4 Å². The van der Waals surface area contributed by atoms with E-state index in [0.29, 0.717) is 57.1 Å². The van der Waals surface area contributed by atoms with Crippen molar-refractivity contribution in [2.75, 3.05) is 19.6 Å². The topological polar surface area (TPSA) is 76.5 Å². The summed E-state index contributed by atoms with van der Waals surface area (Å²) >= 11 is 0. The van der Waals surface area contributed by atoms with Crippen LogP contribution in [0.5, 0.6) is 0 Å². The highest BCUT2D eigenvalue weighted by Crippen LogP contribution is 2.37. The number of hydrogen-bond acceptors (Lipinski definition) is 4. The number of piperidine rings is 1. The summed E-state index contributed by atoms with van der Waals surface area (Å²) in [5, 5.41) is 7.42. The zero-order chi connectivity index (χ0) is 22.5. The Morgan fingerprint density at radius 1 is 1.25 bits per heavy atom. The van der Waals surface area contributed by atoms with E-state index in [1.54, 1.807) is 9.58 Å². The highest BCUT2D eigenvalue weighted by atomic mass is 19.1. The molecule has 1 aromatic carbocycles. The van der Waals surface area contributed by atoms with Crippen molar-refractivity contribution in [1.29, 1.82) is 0 Å². The van der Waals surface area contributed by atoms with E-state index in [-0.39, 0.29) is 11.5 Å². The summed E-state index contributed by atoms with van der Waals surface area (Å²) in [6.45, 7) is 1.75. The molecule has 2 fully saturated rings. The second-order valence-corrected chi connectivity index (χ2v) is 9.12. The van der Waals surface area contributed by atoms with Crippen molar-refractivity contribution in [2.45, 2.75) is 44.3 Å². The molecule has 9 heteroatoms. The fourth-order valence-electron chi connectivity index (χ4n) is 4.65. The van der Waals surface area contributed by atoms with Crippen LogP contribution in [0.3, 0.4) is 0 Å². The Balaban J connectivity index is 1.26. The van der Waals surface area contributed by atoms with Gasteiger partial charge < -0.3 is 15.0 Å². The molecule has 1 saturated heterocycles. The van der Waals surface area contributed by atoms with Crippen LogP contribution in [-0.2, 0) is 24.8 Å². The van der Waals surface area contributed by atoms with Gasteiger partial charge in [0.05, 0.1) is 17.8 Å². The zero-order valence-corrected chi connectivity index (χ0v) is 18.0. The summed E-state index contributed by atoms with van der Waals surface area (Å²) in [6.07, 6.45) is 4.07. The SMILES string of the molecule is Cn1nc(C(=O)NCC2CC2)c2c1CC1(CCN(C(=O)c3cc(F)ccc3F)CC1)OC2. The second-order valence-electron chi connectivity index (χ2n) is 9.12. The molecule has 0 unspecified atom stereocenters. The molecule has 3 aliphatic rings. The highest BCUT2D eigenvalue weighted by Gasteiger charge is 2.43. The number of benzene rings is 1. The van der Waals surface area contributed by atoms with Crippen LogP contribution in [0, 0.1) is 17.6 Å². The van der Waals surface area contributed by atoms with E-state index >= 15 is 0 Å². The van der Waals surface area contributed by atoms with Crippen LogP contribution in [0.1, 0.15) is 57.8 Å². The van der Waals surface area contributed by atoms with Crippen molar-refractivity contribution < 1.29 is 23.1 Å². The smallest absolute Gasteiger partial charge is 0.272 e. The third kappa shape index (κ3) is 3.90. The molecule has 170 valence electrons. The zero-order valence-electron chi connectivity index (χ0n) is 18.0. The van der Waals surface area contributed by atoms with Gasteiger partial charge in [-0.2, -0.15) is 5.10 Å². The van der Waals surface area contributed by atoms with E-state index in [4.69, 9.17) is 4.74 Å². The van der Waals surface area contributed by atoms with Gasteiger partial charge in [0, 0.05) is 44.4 Å². The average molecular weight is 444 g/mol. The minimum Gasteiger partial charge on any atom is -0.370 e. The number of hydrogen-bond donors (Lipinski definition) is 1. The van der Waals surface area contributed by atoms with Gasteiger partial charge in [0.1, 0.15) is 11.6 Å². The minimum atomic E-state index is -0.724. The van der Waals surface area contributed by atoms with Crippen LogP contribution in [0.2, 0.25) is 0 Å². The van der Waals surface area contributed by atoms with Crippen molar-refractivity contribution in [3.63, 3.8) is 0 Å². The van der Waals surface area contributed by atoms with Crippen molar-refractivity contribution in [3.05, 3.63) is 52.3 Å². The average Bonchev–Trinajstić information content (AvgIpc) is 3.57. The van der Waals surface area contributed by atoms with E-state index in [1.807, 2.05) is 7.05 Å².